The zero-order valence-electron chi connectivity index (χ0n) is 12.2. The standard InChI is InChI=1S/C17H15BrO4/c1-11(16(19)12-6-8-14(18)9-7-12)22-17(20)13-4-3-5-15(10-13)21-2/h3-11H,1-2H3/t11-/m1/s1. The average molecular weight is 363 g/mol. The lowest BCUT2D eigenvalue weighted by Crippen LogP contribution is -2.24. The number of ketones is 1. The molecule has 0 heterocycles. The molecule has 0 aliphatic carbocycles. The molecule has 4 nitrogen and oxygen atoms in total. The summed E-state index contributed by atoms with van der Waals surface area (Å²) in [4.78, 5) is 24.3. The SMILES string of the molecule is COc1cccc(C(=O)O[C@H](C)C(=O)c2ccc(Br)cc2)c1. The Kier molecular flexibility index (Phi) is 5.33. The fourth-order valence-corrected chi connectivity index (χ4v) is 2.15. The Morgan fingerprint density at radius 1 is 1.05 bits per heavy atom. The molecule has 0 aromatic heterocycles. The third-order valence-electron chi connectivity index (χ3n) is 3.09. The van der Waals surface area contributed by atoms with E-state index in [1.54, 1.807) is 55.5 Å². The number of methoxy groups -OCH3 is 1. The van der Waals surface area contributed by atoms with Crippen LogP contribution in [-0.4, -0.2) is 25.0 Å². The van der Waals surface area contributed by atoms with Crippen molar-refractivity contribution in [2.75, 3.05) is 7.11 Å². The van der Waals surface area contributed by atoms with E-state index in [2.05, 4.69) is 15.9 Å². The Morgan fingerprint density at radius 3 is 2.36 bits per heavy atom. The summed E-state index contributed by atoms with van der Waals surface area (Å²) in [5.41, 5.74) is 0.837. The van der Waals surface area contributed by atoms with Crippen LogP contribution in [0, 0.1) is 0 Å². The second-order valence-corrected chi connectivity index (χ2v) is 5.57. The van der Waals surface area contributed by atoms with E-state index in [1.807, 2.05) is 0 Å². The zero-order valence-corrected chi connectivity index (χ0v) is 13.8. The molecular formula is C17H15BrO4. The highest BCUT2D eigenvalue weighted by atomic mass is 79.9. The Labute approximate surface area is 137 Å². The van der Waals surface area contributed by atoms with E-state index in [4.69, 9.17) is 9.47 Å². The van der Waals surface area contributed by atoms with Gasteiger partial charge in [-0.25, -0.2) is 4.79 Å². The van der Waals surface area contributed by atoms with Crippen molar-refractivity contribution in [2.24, 2.45) is 0 Å². The molecule has 2 rings (SSSR count). The summed E-state index contributed by atoms with van der Waals surface area (Å²) in [6, 6.07) is 13.5. The molecule has 114 valence electrons. The van der Waals surface area contributed by atoms with E-state index >= 15 is 0 Å². The number of esters is 1. The van der Waals surface area contributed by atoms with Crippen LogP contribution in [-0.2, 0) is 4.74 Å². The van der Waals surface area contributed by atoms with Gasteiger partial charge >= 0.3 is 5.97 Å². The van der Waals surface area contributed by atoms with Gasteiger partial charge in [0.1, 0.15) is 5.75 Å². The highest BCUT2D eigenvalue weighted by Crippen LogP contribution is 2.16. The summed E-state index contributed by atoms with van der Waals surface area (Å²) < 4.78 is 11.2. The lowest BCUT2D eigenvalue weighted by atomic mass is 10.1. The van der Waals surface area contributed by atoms with Crippen LogP contribution in [0.25, 0.3) is 0 Å². The normalized spacial score (nSPS) is 11.6. The van der Waals surface area contributed by atoms with Crippen LogP contribution in [0.3, 0.4) is 0 Å². The smallest absolute Gasteiger partial charge is 0.338 e. The first-order valence-electron chi connectivity index (χ1n) is 6.66. The molecule has 22 heavy (non-hydrogen) atoms. The maximum Gasteiger partial charge on any atom is 0.338 e. The Balaban J connectivity index is 2.07. The van der Waals surface area contributed by atoms with Crippen LogP contribution in [0.2, 0.25) is 0 Å². The van der Waals surface area contributed by atoms with E-state index in [9.17, 15) is 9.59 Å². The van der Waals surface area contributed by atoms with E-state index < -0.39 is 12.1 Å². The summed E-state index contributed by atoms with van der Waals surface area (Å²) in [7, 11) is 1.52. The number of benzene rings is 2. The third kappa shape index (κ3) is 3.95. The van der Waals surface area contributed by atoms with Crippen molar-refractivity contribution in [2.45, 2.75) is 13.0 Å². The molecule has 2 aromatic carbocycles. The van der Waals surface area contributed by atoms with E-state index in [0.717, 1.165) is 4.47 Å². The summed E-state index contributed by atoms with van der Waals surface area (Å²) in [6.07, 6.45) is -0.861. The number of Topliss-reactive ketones (excluding diaryl/α,β-unsaturated/α-hetero) is 1. The van der Waals surface area contributed by atoms with Crippen molar-refractivity contribution in [1.82, 2.24) is 0 Å². The summed E-state index contributed by atoms with van der Waals surface area (Å²) in [6.45, 7) is 1.56. The molecule has 0 radical (unpaired) electrons. The molecule has 2 aromatic rings. The molecule has 0 aliphatic heterocycles. The third-order valence-corrected chi connectivity index (χ3v) is 3.62. The van der Waals surface area contributed by atoms with Gasteiger partial charge < -0.3 is 9.47 Å². The molecule has 1 atom stereocenters. The molecule has 0 bridgehead atoms. The van der Waals surface area contributed by atoms with Crippen molar-refractivity contribution < 1.29 is 19.1 Å². The van der Waals surface area contributed by atoms with Gasteiger partial charge in [0.05, 0.1) is 12.7 Å². The molecule has 0 unspecified atom stereocenters. The number of rotatable bonds is 5. The Bertz CT molecular complexity index is 679. The predicted octanol–water partition coefficient (Wildman–Crippen LogP) is 3.89. The number of carbonyl (C=O) groups excluding carboxylic acids is 2. The van der Waals surface area contributed by atoms with Gasteiger partial charge in [-0.3, -0.25) is 4.79 Å². The number of hydrogen-bond donors (Lipinski definition) is 0. The van der Waals surface area contributed by atoms with Crippen LogP contribution in [0.15, 0.2) is 53.0 Å². The van der Waals surface area contributed by atoms with E-state index in [0.29, 0.717) is 16.9 Å². The van der Waals surface area contributed by atoms with E-state index in [-0.39, 0.29) is 5.78 Å². The van der Waals surface area contributed by atoms with Gasteiger partial charge in [0.2, 0.25) is 5.78 Å². The molecule has 0 aliphatic rings. The second-order valence-electron chi connectivity index (χ2n) is 4.65. The first-order chi connectivity index (χ1) is 10.5. The first-order valence-corrected chi connectivity index (χ1v) is 7.45. The van der Waals surface area contributed by atoms with Crippen LogP contribution in [0.4, 0.5) is 0 Å². The Hall–Kier alpha value is -2.14. The fourth-order valence-electron chi connectivity index (χ4n) is 1.88. The zero-order chi connectivity index (χ0) is 16.1. The van der Waals surface area contributed by atoms with Gasteiger partial charge in [-0.1, -0.05) is 34.1 Å². The topological polar surface area (TPSA) is 52.6 Å². The lowest BCUT2D eigenvalue weighted by Gasteiger charge is -2.13. The predicted molar refractivity (Wildman–Crippen MR) is 86.3 cm³/mol. The van der Waals surface area contributed by atoms with Crippen molar-refractivity contribution in [3.05, 3.63) is 64.1 Å². The molecule has 0 N–H and O–H groups in total. The highest BCUT2D eigenvalue weighted by Gasteiger charge is 2.20. The van der Waals surface area contributed by atoms with Gasteiger partial charge in [-0.2, -0.15) is 0 Å². The van der Waals surface area contributed by atoms with Gasteiger partial charge in [0.15, 0.2) is 6.10 Å². The molecule has 0 fully saturated rings. The van der Waals surface area contributed by atoms with Gasteiger partial charge in [0, 0.05) is 10.0 Å². The highest BCUT2D eigenvalue weighted by molar-refractivity contribution is 9.10. The van der Waals surface area contributed by atoms with E-state index in [1.165, 1.54) is 7.11 Å². The fraction of sp³-hybridized carbons (Fsp3) is 0.176. The minimum Gasteiger partial charge on any atom is -0.497 e. The van der Waals surface area contributed by atoms with Gasteiger partial charge in [0.25, 0.3) is 0 Å². The molecular weight excluding hydrogens is 348 g/mol. The van der Waals surface area contributed by atoms with Crippen LogP contribution >= 0.6 is 15.9 Å². The molecule has 0 amide bonds. The quantitative estimate of drug-likeness (QED) is 0.598. The van der Waals surface area contributed by atoms with Crippen molar-refractivity contribution in [3.8, 4) is 5.75 Å². The summed E-state index contributed by atoms with van der Waals surface area (Å²) >= 11 is 3.31. The molecule has 0 spiro atoms. The number of hydrogen-bond acceptors (Lipinski definition) is 4. The van der Waals surface area contributed by atoms with Crippen LogP contribution < -0.4 is 4.74 Å². The number of ether oxygens (including phenoxy) is 2. The monoisotopic (exact) mass is 362 g/mol. The maximum atomic E-state index is 12.2. The Morgan fingerprint density at radius 2 is 1.73 bits per heavy atom. The summed E-state index contributed by atoms with van der Waals surface area (Å²) in [5.74, 6) is -0.248. The second kappa shape index (κ2) is 7.22. The largest absolute Gasteiger partial charge is 0.497 e. The minimum absolute atomic E-state index is 0.247. The average Bonchev–Trinajstić information content (AvgIpc) is 2.54. The van der Waals surface area contributed by atoms with Crippen molar-refractivity contribution >= 4 is 27.7 Å². The van der Waals surface area contributed by atoms with Gasteiger partial charge in [-0.15, -0.1) is 0 Å². The van der Waals surface area contributed by atoms with Crippen molar-refractivity contribution in [3.63, 3.8) is 0 Å². The maximum absolute atomic E-state index is 12.2. The molecule has 0 saturated heterocycles. The van der Waals surface area contributed by atoms with Crippen molar-refractivity contribution in [1.29, 1.82) is 0 Å². The van der Waals surface area contributed by atoms with Gasteiger partial charge in [-0.05, 0) is 37.3 Å². The molecule has 5 heteroatoms. The number of halogens is 1. The molecule has 0 saturated carbocycles. The number of carbonyl (C=O) groups is 2. The summed E-state index contributed by atoms with van der Waals surface area (Å²) in [5, 5.41) is 0. The lowest BCUT2D eigenvalue weighted by molar-refractivity contribution is 0.0318. The first kappa shape index (κ1) is 16.2. The van der Waals surface area contributed by atoms with Crippen LogP contribution in [0.1, 0.15) is 27.6 Å². The van der Waals surface area contributed by atoms with Crippen LogP contribution in [0.5, 0.6) is 5.75 Å². The minimum atomic E-state index is -0.861.